The van der Waals surface area contributed by atoms with Crippen LogP contribution < -0.4 is 5.32 Å². The Kier molecular flexibility index (Phi) is 8.46. The number of rotatable bonds is 4. The van der Waals surface area contributed by atoms with E-state index in [0.717, 1.165) is 11.1 Å². The van der Waals surface area contributed by atoms with Gasteiger partial charge < -0.3 is 5.32 Å². The van der Waals surface area contributed by atoms with Crippen molar-refractivity contribution in [2.24, 2.45) is 0 Å². The minimum absolute atomic E-state index is 0.271. The highest BCUT2D eigenvalue weighted by Gasteiger charge is 2.27. The average molecular weight is 480 g/mol. The largest absolute Gasteiger partial charge is 0.317 e. The fourth-order valence-corrected chi connectivity index (χ4v) is 6.77. The van der Waals surface area contributed by atoms with Crippen molar-refractivity contribution in [3.8, 4) is 0 Å². The quantitative estimate of drug-likeness (QED) is 0.729. The van der Waals surface area contributed by atoms with Crippen molar-refractivity contribution in [2.45, 2.75) is 42.9 Å². The lowest BCUT2D eigenvalue weighted by Gasteiger charge is -2.26. The Balaban J connectivity index is 1.79. The number of aryl methyl sites for hydroxylation is 2. The van der Waals surface area contributed by atoms with Gasteiger partial charge >= 0.3 is 0 Å². The number of hydrogen-bond donors (Lipinski definition) is 1. The third kappa shape index (κ3) is 6.17. The third-order valence-corrected chi connectivity index (χ3v) is 9.48. The van der Waals surface area contributed by atoms with Crippen LogP contribution in [0.1, 0.15) is 30.4 Å². The monoisotopic (exact) mass is 479 g/mol. The van der Waals surface area contributed by atoms with Crippen LogP contribution in [0.2, 0.25) is 0 Å². The highest BCUT2D eigenvalue weighted by atomic mass is 32.2. The van der Waals surface area contributed by atoms with Crippen molar-refractivity contribution >= 4 is 20.0 Å². The normalized spacial score (nSPS) is 18.6. The van der Waals surface area contributed by atoms with Gasteiger partial charge in [0, 0.05) is 26.2 Å². The molecule has 0 unspecified atom stereocenters. The summed E-state index contributed by atoms with van der Waals surface area (Å²) in [6, 6.07) is 13.7. The molecule has 1 heterocycles. The first-order valence-corrected chi connectivity index (χ1v) is 13.9. The predicted octanol–water partition coefficient (Wildman–Crippen LogP) is 2.76. The molecule has 0 atom stereocenters. The first-order valence-electron chi connectivity index (χ1n) is 11.1. The van der Waals surface area contributed by atoms with Crippen LogP contribution in [0.15, 0.2) is 58.3 Å². The summed E-state index contributed by atoms with van der Waals surface area (Å²) in [4.78, 5) is 0.541. The predicted molar refractivity (Wildman–Crippen MR) is 127 cm³/mol. The molecule has 0 spiro atoms. The minimum Gasteiger partial charge on any atom is -0.317 e. The fourth-order valence-electron chi connectivity index (χ4n) is 3.73. The second-order valence-electron chi connectivity index (χ2n) is 8.24. The van der Waals surface area contributed by atoms with E-state index in [1.165, 1.54) is 8.61 Å². The van der Waals surface area contributed by atoms with Gasteiger partial charge in [0.2, 0.25) is 20.0 Å². The summed E-state index contributed by atoms with van der Waals surface area (Å²) < 4.78 is 55.9. The molecule has 0 aliphatic carbocycles. The van der Waals surface area contributed by atoms with E-state index >= 15 is 0 Å². The lowest BCUT2D eigenvalue weighted by Crippen LogP contribution is -2.39. The molecule has 2 aromatic carbocycles. The van der Waals surface area contributed by atoms with Crippen LogP contribution in [-0.4, -0.2) is 64.7 Å². The summed E-state index contributed by atoms with van der Waals surface area (Å²) in [5.41, 5.74) is 2.00. The minimum atomic E-state index is -3.64. The van der Waals surface area contributed by atoms with Crippen LogP contribution in [0.5, 0.6) is 0 Å². The van der Waals surface area contributed by atoms with Gasteiger partial charge in [0.1, 0.15) is 0 Å². The van der Waals surface area contributed by atoms with Crippen molar-refractivity contribution in [3.63, 3.8) is 0 Å². The van der Waals surface area contributed by atoms with Gasteiger partial charge in [0.25, 0.3) is 0 Å². The van der Waals surface area contributed by atoms with Crippen molar-refractivity contribution < 1.29 is 16.8 Å². The lowest BCUT2D eigenvalue weighted by molar-refractivity contribution is 0.342. The van der Waals surface area contributed by atoms with Gasteiger partial charge in [-0.25, -0.2) is 16.8 Å². The molecule has 32 heavy (non-hydrogen) atoms. The molecule has 7 nitrogen and oxygen atoms in total. The number of hydrogen-bond acceptors (Lipinski definition) is 5. The van der Waals surface area contributed by atoms with E-state index in [2.05, 4.69) is 5.32 Å². The molecule has 2 aromatic rings. The molecule has 176 valence electrons. The van der Waals surface area contributed by atoms with E-state index in [0.29, 0.717) is 45.4 Å². The molecule has 3 rings (SSSR count). The Hall–Kier alpha value is -1.78. The highest BCUT2D eigenvalue weighted by molar-refractivity contribution is 7.89. The second kappa shape index (κ2) is 10.9. The van der Waals surface area contributed by atoms with Crippen molar-refractivity contribution in [3.05, 3.63) is 59.7 Å². The van der Waals surface area contributed by atoms with E-state index < -0.39 is 20.0 Å². The first-order chi connectivity index (χ1) is 15.2. The molecule has 1 saturated heterocycles. The first kappa shape index (κ1) is 24.9. The van der Waals surface area contributed by atoms with Gasteiger partial charge in [-0.05, 0) is 70.5 Å². The fraction of sp³-hybridized carbons (Fsp3) is 0.478. The van der Waals surface area contributed by atoms with E-state index in [1.807, 2.05) is 13.8 Å². The Morgan fingerprint density at radius 3 is 1.31 bits per heavy atom. The van der Waals surface area contributed by atoms with Gasteiger partial charge in [0.15, 0.2) is 0 Å². The van der Waals surface area contributed by atoms with E-state index in [-0.39, 0.29) is 22.9 Å². The Labute approximate surface area is 192 Å². The molecule has 1 aliphatic heterocycles. The SMILES string of the molecule is Cc1ccc(S(=O)(=O)N2CCCNCCCN(S(=O)(=O)c3ccc(C)cc3)CCC2)cc1. The summed E-state index contributed by atoms with van der Waals surface area (Å²) in [6.45, 7) is 6.55. The van der Waals surface area contributed by atoms with Crippen LogP contribution in [0, 0.1) is 13.8 Å². The molecule has 0 radical (unpaired) electrons. The number of sulfonamides is 2. The van der Waals surface area contributed by atoms with Crippen LogP contribution in [-0.2, 0) is 20.0 Å². The van der Waals surface area contributed by atoms with Crippen LogP contribution in [0.3, 0.4) is 0 Å². The summed E-state index contributed by atoms with van der Waals surface area (Å²) in [6.07, 6.45) is 1.84. The maximum absolute atomic E-state index is 13.2. The summed E-state index contributed by atoms with van der Waals surface area (Å²) in [5, 5.41) is 3.30. The summed E-state index contributed by atoms with van der Waals surface area (Å²) in [7, 11) is -7.28. The Morgan fingerprint density at radius 1 is 0.594 bits per heavy atom. The van der Waals surface area contributed by atoms with E-state index in [1.54, 1.807) is 48.5 Å². The van der Waals surface area contributed by atoms with Gasteiger partial charge in [-0.1, -0.05) is 35.4 Å². The van der Waals surface area contributed by atoms with Gasteiger partial charge in [-0.3, -0.25) is 0 Å². The molecule has 1 N–H and O–H groups in total. The van der Waals surface area contributed by atoms with Crippen molar-refractivity contribution in [2.75, 3.05) is 39.3 Å². The number of nitrogens with one attached hydrogen (secondary N) is 1. The lowest BCUT2D eigenvalue weighted by atomic mass is 10.2. The number of benzene rings is 2. The topological polar surface area (TPSA) is 86.8 Å². The molecule has 0 saturated carbocycles. The van der Waals surface area contributed by atoms with Gasteiger partial charge in [-0.15, -0.1) is 0 Å². The van der Waals surface area contributed by atoms with Crippen molar-refractivity contribution in [1.29, 1.82) is 0 Å². The van der Waals surface area contributed by atoms with Crippen LogP contribution in [0.4, 0.5) is 0 Å². The average Bonchev–Trinajstić information content (AvgIpc) is 2.74. The smallest absolute Gasteiger partial charge is 0.243 e. The zero-order chi connectivity index (χ0) is 23.2. The maximum atomic E-state index is 13.2. The zero-order valence-electron chi connectivity index (χ0n) is 18.8. The summed E-state index contributed by atoms with van der Waals surface area (Å²) in [5.74, 6) is 0. The molecule has 0 amide bonds. The van der Waals surface area contributed by atoms with Crippen LogP contribution >= 0.6 is 0 Å². The van der Waals surface area contributed by atoms with Gasteiger partial charge in [0.05, 0.1) is 9.79 Å². The molecular weight excluding hydrogens is 446 g/mol. The van der Waals surface area contributed by atoms with E-state index in [4.69, 9.17) is 0 Å². The molecular formula is C23H33N3O4S2. The standard InChI is InChI=1S/C23H33N3O4S2/c1-20-6-10-22(11-7-20)31(27,28)25-16-3-14-24-15-4-17-26(19-5-18-25)32(29,30)23-12-8-21(2)9-13-23/h6-13,24H,3-5,14-19H2,1-2H3. The maximum Gasteiger partial charge on any atom is 0.243 e. The number of nitrogens with zero attached hydrogens (tertiary/aromatic N) is 2. The Morgan fingerprint density at radius 2 is 0.938 bits per heavy atom. The third-order valence-electron chi connectivity index (χ3n) is 5.65. The second-order valence-corrected chi connectivity index (χ2v) is 12.1. The molecule has 1 fully saturated rings. The molecule has 0 aromatic heterocycles. The molecule has 1 aliphatic rings. The molecule has 0 bridgehead atoms. The Bertz CT molecular complexity index is 996. The van der Waals surface area contributed by atoms with Gasteiger partial charge in [-0.2, -0.15) is 8.61 Å². The van der Waals surface area contributed by atoms with Crippen molar-refractivity contribution in [1.82, 2.24) is 13.9 Å². The molecule has 9 heteroatoms. The zero-order valence-corrected chi connectivity index (χ0v) is 20.5. The summed E-state index contributed by atoms with van der Waals surface area (Å²) >= 11 is 0. The van der Waals surface area contributed by atoms with E-state index in [9.17, 15) is 16.8 Å². The highest BCUT2D eigenvalue weighted by Crippen LogP contribution is 2.20. The van der Waals surface area contributed by atoms with Crippen LogP contribution in [0.25, 0.3) is 0 Å².